The fraction of sp³-hybridized carbons (Fsp3) is 0.462. The second-order valence-corrected chi connectivity index (χ2v) is 7.71. The lowest BCUT2D eigenvalue weighted by Gasteiger charge is -2.26. The van der Waals surface area contributed by atoms with Crippen molar-refractivity contribution >= 4 is 17.9 Å². The van der Waals surface area contributed by atoms with Crippen LogP contribution < -0.4 is 9.64 Å². The zero-order valence-corrected chi connectivity index (χ0v) is 19.2. The van der Waals surface area contributed by atoms with Crippen molar-refractivity contribution in [3.05, 3.63) is 48.0 Å². The molecule has 6 nitrogen and oxygen atoms in total. The van der Waals surface area contributed by atoms with Crippen LogP contribution in [0.15, 0.2) is 42.5 Å². The van der Waals surface area contributed by atoms with Gasteiger partial charge in [0, 0.05) is 37.4 Å². The van der Waals surface area contributed by atoms with Crippen molar-refractivity contribution in [2.45, 2.75) is 46.0 Å². The summed E-state index contributed by atoms with van der Waals surface area (Å²) < 4.78 is 11.2. The normalized spacial score (nSPS) is 10.7. The van der Waals surface area contributed by atoms with E-state index in [9.17, 15) is 9.59 Å². The minimum Gasteiger partial charge on any atom is -0.491 e. The molecule has 0 bridgehead atoms. The Morgan fingerprint density at radius 3 is 2.34 bits per heavy atom. The first kappa shape index (κ1) is 25.4. The maximum absolute atomic E-state index is 11.8. The fourth-order valence-corrected chi connectivity index (χ4v) is 3.47. The second kappa shape index (κ2) is 14.2. The Labute approximate surface area is 191 Å². The number of carbonyl (C=O) groups is 2. The van der Waals surface area contributed by atoms with Gasteiger partial charge in [-0.25, -0.2) is 0 Å². The summed E-state index contributed by atoms with van der Waals surface area (Å²) in [5.41, 5.74) is 3.40. The van der Waals surface area contributed by atoms with E-state index in [2.05, 4.69) is 18.7 Å². The van der Waals surface area contributed by atoms with Crippen LogP contribution in [0, 0.1) is 0 Å². The van der Waals surface area contributed by atoms with E-state index in [1.54, 1.807) is 0 Å². The molecule has 0 amide bonds. The van der Waals surface area contributed by atoms with Gasteiger partial charge in [0.05, 0.1) is 6.61 Å². The Bertz CT molecular complexity index is 835. The van der Waals surface area contributed by atoms with E-state index in [4.69, 9.17) is 14.6 Å². The van der Waals surface area contributed by atoms with Gasteiger partial charge in [0.2, 0.25) is 0 Å². The van der Waals surface area contributed by atoms with Crippen LogP contribution >= 0.6 is 0 Å². The first-order valence-electron chi connectivity index (χ1n) is 11.5. The molecular weight excluding hydrogens is 406 g/mol. The van der Waals surface area contributed by atoms with Crippen LogP contribution in [0.3, 0.4) is 0 Å². The SMILES string of the molecule is CCCCOCCOc1ccc(-c2ccc(N(CCC)CCCC(=O)O)c(C=O)c2)cc1. The Balaban J connectivity index is 2.04. The summed E-state index contributed by atoms with van der Waals surface area (Å²) in [6, 6.07) is 13.6. The van der Waals surface area contributed by atoms with Crippen LogP contribution in [0.25, 0.3) is 11.1 Å². The van der Waals surface area contributed by atoms with E-state index in [0.717, 1.165) is 61.3 Å². The molecule has 0 aliphatic heterocycles. The standard InChI is InChI=1S/C26H35NO5/c1-3-5-16-31-17-18-32-24-11-8-21(9-12-24)22-10-13-25(23(19-22)20-28)27(14-4-2)15-6-7-26(29)30/h8-13,19-20H,3-7,14-18H2,1-2H3,(H,29,30). The Morgan fingerprint density at radius 2 is 1.69 bits per heavy atom. The number of rotatable bonds is 16. The van der Waals surface area contributed by atoms with Gasteiger partial charge in [0.1, 0.15) is 12.4 Å². The number of hydrogen-bond acceptors (Lipinski definition) is 5. The van der Waals surface area contributed by atoms with Crippen molar-refractivity contribution in [2.24, 2.45) is 0 Å². The predicted molar refractivity (Wildman–Crippen MR) is 128 cm³/mol. The maximum Gasteiger partial charge on any atom is 0.303 e. The quantitative estimate of drug-likeness (QED) is 0.276. The molecule has 174 valence electrons. The van der Waals surface area contributed by atoms with Crippen LogP contribution in [0.5, 0.6) is 5.75 Å². The highest BCUT2D eigenvalue weighted by Gasteiger charge is 2.13. The largest absolute Gasteiger partial charge is 0.491 e. The molecule has 0 unspecified atom stereocenters. The molecule has 0 spiro atoms. The molecule has 32 heavy (non-hydrogen) atoms. The highest BCUT2D eigenvalue weighted by molar-refractivity contribution is 5.87. The Hall–Kier alpha value is -2.86. The molecule has 1 N–H and O–H groups in total. The Morgan fingerprint density at radius 1 is 0.938 bits per heavy atom. The number of anilines is 1. The summed E-state index contributed by atoms with van der Waals surface area (Å²) in [5.74, 6) is -0.0172. The van der Waals surface area contributed by atoms with E-state index in [1.807, 2.05) is 42.5 Å². The molecule has 0 fully saturated rings. The highest BCUT2D eigenvalue weighted by atomic mass is 16.5. The molecule has 0 saturated heterocycles. The number of aldehydes is 1. The van der Waals surface area contributed by atoms with Gasteiger partial charge < -0.3 is 19.5 Å². The maximum atomic E-state index is 11.8. The average Bonchev–Trinajstić information content (AvgIpc) is 2.80. The van der Waals surface area contributed by atoms with Crippen LogP contribution in [0.1, 0.15) is 56.3 Å². The number of benzene rings is 2. The lowest BCUT2D eigenvalue weighted by atomic mass is 10.0. The van der Waals surface area contributed by atoms with Crippen molar-refractivity contribution in [1.29, 1.82) is 0 Å². The number of hydrogen-bond donors (Lipinski definition) is 1. The third kappa shape index (κ3) is 8.35. The van der Waals surface area contributed by atoms with E-state index in [-0.39, 0.29) is 6.42 Å². The van der Waals surface area contributed by atoms with Crippen LogP contribution in [0.4, 0.5) is 5.69 Å². The summed E-state index contributed by atoms with van der Waals surface area (Å²) in [6.45, 7) is 7.44. The van der Waals surface area contributed by atoms with Gasteiger partial charge in [0.25, 0.3) is 0 Å². The van der Waals surface area contributed by atoms with Crippen LogP contribution in [0.2, 0.25) is 0 Å². The number of carboxylic acid groups (broad SMARTS) is 1. The second-order valence-electron chi connectivity index (χ2n) is 7.71. The molecular formula is C26H35NO5. The van der Waals surface area contributed by atoms with E-state index >= 15 is 0 Å². The first-order chi connectivity index (χ1) is 15.6. The third-order valence-corrected chi connectivity index (χ3v) is 5.13. The number of ether oxygens (including phenoxy) is 2. The highest BCUT2D eigenvalue weighted by Crippen LogP contribution is 2.28. The van der Waals surface area contributed by atoms with Crippen LogP contribution in [-0.2, 0) is 9.53 Å². The average molecular weight is 442 g/mol. The molecule has 2 rings (SSSR count). The van der Waals surface area contributed by atoms with Gasteiger partial charge in [-0.3, -0.25) is 9.59 Å². The fourth-order valence-electron chi connectivity index (χ4n) is 3.47. The molecule has 0 aliphatic rings. The monoisotopic (exact) mass is 441 g/mol. The van der Waals surface area contributed by atoms with Crippen molar-refractivity contribution in [3.8, 4) is 16.9 Å². The number of aliphatic carboxylic acids is 1. The number of unbranched alkanes of at least 4 members (excludes halogenated alkanes) is 1. The van der Waals surface area contributed by atoms with E-state index in [0.29, 0.717) is 31.7 Å². The van der Waals surface area contributed by atoms with Crippen molar-refractivity contribution in [2.75, 3.05) is 37.8 Å². The predicted octanol–water partition coefficient (Wildman–Crippen LogP) is 5.44. The smallest absolute Gasteiger partial charge is 0.303 e. The number of carboxylic acids is 1. The summed E-state index contributed by atoms with van der Waals surface area (Å²) in [4.78, 5) is 24.8. The van der Waals surface area contributed by atoms with Crippen molar-refractivity contribution < 1.29 is 24.2 Å². The zero-order valence-electron chi connectivity index (χ0n) is 19.2. The molecule has 0 radical (unpaired) electrons. The summed E-state index contributed by atoms with van der Waals surface area (Å²) in [5, 5.41) is 8.91. The molecule has 6 heteroatoms. The summed E-state index contributed by atoms with van der Waals surface area (Å²) in [7, 11) is 0. The molecule has 2 aromatic carbocycles. The minimum absolute atomic E-state index is 0.119. The molecule has 0 saturated carbocycles. The number of carbonyl (C=O) groups excluding carboxylic acids is 1. The topological polar surface area (TPSA) is 76.1 Å². The molecule has 0 heterocycles. The number of nitrogens with zero attached hydrogens (tertiary/aromatic N) is 1. The van der Waals surface area contributed by atoms with E-state index in [1.165, 1.54) is 0 Å². The zero-order chi connectivity index (χ0) is 23.2. The minimum atomic E-state index is -0.802. The van der Waals surface area contributed by atoms with Gasteiger partial charge in [-0.1, -0.05) is 38.5 Å². The Kier molecular flexibility index (Phi) is 11.3. The summed E-state index contributed by atoms with van der Waals surface area (Å²) in [6.07, 6.45) is 4.63. The molecule has 2 aromatic rings. The van der Waals surface area contributed by atoms with Gasteiger partial charge in [-0.2, -0.15) is 0 Å². The van der Waals surface area contributed by atoms with Gasteiger partial charge in [-0.15, -0.1) is 0 Å². The van der Waals surface area contributed by atoms with Gasteiger partial charge in [0.15, 0.2) is 6.29 Å². The van der Waals surface area contributed by atoms with E-state index < -0.39 is 5.97 Å². The lowest BCUT2D eigenvalue weighted by molar-refractivity contribution is -0.137. The van der Waals surface area contributed by atoms with Crippen molar-refractivity contribution in [1.82, 2.24) is 0 Å². The molecule has 0 atom stereocenters. The first-order valence-corrected chi connectivity index (χ1v) is 11.5. The lowest BCUT2D eigenvalue weighted by Crippen LogP contribution is -2.26. The summed E-state index contributed by atoms with van der Waals surface area (Å²) >= 11 is 0. The molecule has 0 aliphatic carbocycles. The van der Waals surface area contributed by atoms with Gasteiger partial charge >= 0.3 is 5.97 Å². The molecule has 0 aromatic heterocycles. The van der Waals surface area contributed by atoms with Crippen molar-refractivity contribution in [3.63, 3.8) is 0 Å². The van der Waals surface area contributed by atoms with Crippen LogP contribution in [-0.4, -0.2) is 50.3 Å². The van der Waals surface area contributed by atoms with Gasteiger partial charge in [-0.05, 0) is 54.7 Å². The third-order valence-electron chi connectivity index (χ3n) is 5.13.